The molecule has 3 aromatic carbocycles. The maximum atomic E-state index is 12.2. The van der Waals surface area contributed by atoms with E-state index in [1.807, 2.05) is 6.07 Å². The van der Waals surface area contributed by atoms with Crippen LogP contribution in [0.2, 0.25) is 0 Å². The van der Waals surface area contributed by atoms with Gasteiger partial charge in [0.2, 0.25) is 0 Å². The number of rotatable bonds is 8. The lowest BCUT2D eigenvalue weighted by Gasteiger charge is -2.13. The van der Waals surface area contributed by atoms with Gasteiger partial charge in [-0.3, -0.25) is 4.79 Å². The second-order valence-corrected chi connectivity index (χ2v) is 6.13. The lowest BCUT2D eigenvalue weighted by Crippen LogP contribution is -2.20. The summed E-state index contributed by atoms with van der Waals surface area (Å²) in [4.78, 5) is 12.2. The van der Waals surface area contributed by atoms with E-state index in [1.165, 1.54) is 24.3 Å². The van der Waals surface area contributed by atoms with Gasteiger partial charge in [0.05, 0.1) is 5.69 Å². The molecule has 0 saturated carbocycles. The smallest absolute Gasteiger partial charge is 0.487 e. The Morgan fingerprint density at radius 1 is 0.800 bits per heavy atom. The molecule has 0 aliphatic rings. The molecule has 3 rings (SSSR count). The van der Waals surface area contributed by atoms with Gasteiger partial charge in [0.1, 0.15) is 23.9 Å². The van der Waals surface area contributed by atoms with E-state index in [0.29, 0.717) is 22.7 Å². The second-order valence-electron chi connectivity index (χ2n) is 6.13. The summed E-state index contributed by atoms with van der Waals surface area (Å²) < 4.78 is 51.6. The van der Waals surface area contributed by atoms with Crippen molar-refractivity contribution in [1.29, 1.82) is 0 Å². The molecule has 1 N–H and O–H groups in total. The molecule has 8 heteroatoms. The number of ether oxygens (including phenoxy) is 3. The quantitative estimate of drug-likeness (QED) is 0.549. The number of anilines is 1. The second kappa shape index (κ2) is 9.69. The fraction of sp³-hybridized carbons (Fsp3) is 0.136. The van der Waals surface area contributed by atoms with Gasteiger partial charge in [-0.2, -0.15) is 0 Å². The number of halogens is 3. The Morgan fingerprint density at radius 3 is 2.17 bits per heavy atom. The van der Waals surface area contributed by atoms with E-state index in [4.69, 9.17) is 9.47 Å². The largest absolute Gasteiger partial charge is 0.573 e. The number of hydrogen-bond donors (Lipinski definition) is 1. The van der Waals surface area contributed by atoms with E-state index in [9.17, 15) is 18.0 Å². The highest BCUT2D eigenvalue weighted by molar-refractivity contribution is 5.93. The minimum absolute atomic E-state index is 0.0969. The molecule has 0 aromatic heterocycles. The fourth-order valence-corrected chi connectivity index (χ4v) is 2.50. The topological polar surface area (TPSA) is 56.8 Å². The maximum Gasteiger partial charge on any atom is 0.573 e. The van der Waals surface area contributed by atoms with E-state index in [0.717, 1.165) is 0 Å². The SMILES string of the molecule is O=C(COc1ccccc1)Nc1ccccc1OCc1ccc(OC(F)(F)F)cc1. The molecule has 3 aromatic rings. The first-order chi connectivity index (χ1) is 14.4. The molecule has 5 nitrogen and oxygen atoms in total. The van der Waals surface area contributed by atoms with Gasteiger partial charge < -0.3 is 19.5 Å². The van der Waals surface area contributed by atoms with Crippen molar-refractivity contribution in [2.45, 2.75) is 13.0 Å². The third kappa shape index (κ3) is 6.73. The van der Waals surface area contributed by atoms with E-state index >= 15 is 0 Å². The molecule has 0 unspecified atom stereocenters. The molecule has 0 fully saturated rings. The average molecular weight is 417 g/mol. The molecule has 0 spiro atoms. The van der Waals surface area contributed by atoms with Crippen LogP contribution in [0.3, 0.4) is 0 Å². The minimum atomic E-state index is -4.74. The van der Waals surface area contributed by atoms with Gasteiger partial charge >= 0.3 is 6.36 Å². The molecule has 0 aliphatic carbocycles. The summed E-state index contributed by atoms with van der Waals surface area (Å²) in [6, 6.07) is 21.1. The Hall–Kier alpha value is -3.68. The first kappa shape index (κ1) is 21.0. The zero-order chi connectivity index (χ0) is 21.4. The van der Waals surface area contributed by atoms with Crippen LogP contribution in [-0.4, -0.2) is 18.9 Å². The molecule has 0 radical (unpaired) electrons. The van der Waals surface area contributed by atoms with Gasteiger partial charge in [-0.25, -0.2) is 0 Å². The average Bonchev–Trinajstić information content (AvgIpc) is 2.72. The van der Waals surface area contributed by atoms with Crippen LogP contribution in [0.1, 0.15) is 5.56 Å². The van der Waals surface area contributed by atoms with Crippen molar-refractivity contribution in [3.8, 4) is 17.2 Å². The Kier molecular flexibility index (Phi) is 6.79. The summed E-state index contributed by atoms with van der Waals surface area (Å²) in [5.74, 6) is 0.331. The van der Waals surface area contributed by atoms with Crippen LogP contribution in [0, 0.1) is 0 Å². The number of carbonyl (C=O) groups excluding carboxylic acids is 1. The van der Waals surface area contributed by atoms with Crippen molar-refractivity contribution < 1.29 is 32.2 Å². The number of para-hydroxylation sites is 3. The molecule has 1 amide bonds. The third-order valence-electron chi connectivity index (χ3n) is 3.83. The third-order valence-corrected chi connectivity index (χ3v) is 3.83. The summed E-state index contributed by atoms with van der Waals surface area (Å²) in [5, 5.41) is 2.72. The molecule has 156 valence electrons. The molecule has 30 heavy (non-hydrogen) atoms. The summed E-state index contributed by atoms with van der Waals surface area (Å²) >= 11 is 0. The Balaban J connectivity index is 1.55. The van der Waals surface area contributed by atoms with E-state index in [2.05, 4.69) is 10.1 Å². The zero-order valence-electron chi connectivity index (χ0n) is 15.7. The predicted molar refractivity (Wildman–Crippen MR) is 104 cm³/mol. The monoisotopic (exact) mass is 417 g/mol. The standard InChI is InChI=1S/C22H18F3NO4/c23-22(24,25)30-18-12-10-16(11-13-18)14-29-20-9-5-4-8-19(20)26-21(27)15-28-17-6-2-1-3-7-17/h1-13H,14-15H2,(H,26,27). The molecule has 0 aliphatic heterocycles. The van der Waals surface area contributed by atoms with Crippen LogP contribution in [0.15, 0.2) is 78.9 Å². The Bertz CT molecular complexity index is 960. The van der Waals surface area contributed by atoms with Crippen LogP contribution in [0.25, 0.3) is 0 Å². The molecular weight excluding hydrogens is 399 g/mol. The Morgan fingerprint density at radius 2 is 1.47 bits per heavy atom. The molecule has 0 saturated heterocycles. The number of hydrogen-bond acceptors (Lipinski definition) is 4. The number of nitrogens with one attached hydrogen (secondary N) is 1. The number of alkyl halides is 3. The zero-order valence-corrected chi connectivity index (χ0v) is 15.7. The summed E-state index contributed by atoms with van der Waals surface area (Å²) in [7, 11) is 0. The number of amides is 1. The van der Waals surface area contributed by atoms with Crippen molar-refractivity contribution in [3.05, 3.63) is 84.4 Å². The van der Waals surface area contributed by atoms with Crippen molar-refractivity contribution >= 4 is 11.6 Å². The van der Waals surface area contributed by atoms with Gasteiger partial charge in [0.25, 0.3) is 5.91 Å². The van der Waals surface area contributed by atoms with E-state index < -0.39 is 6.36 Å². The lowest BCUT2D eigenvalue weighted by atomic mass is 10.2. The van der Waals surface area contributed by atoms with Crippen molar-refractivity contribution in [2.24, 2.45) is 0 Å². The first-order valence-corrected chi connectivity index (χ1v) is 8.93. The highest BCUT2D eigenvalue weighted by Crippen LogP contribution is 2.26. The van der Waals surface area contributed by atoms with E-state index in [-0.39, 0.29) is 24.9 Å². The van der Waals surface area contributed by atoms with Crippen LogP contribution >= 0.6 is 0 Å². The van der Waals surface area contributed by atoms with Gasteiger partial charge in [-0.15, -0.1) is 13.2 Å². The van der Waals surface area contributed by atoms with Crippen molar-refractivity contribution in [3.63, 3.8) is 0 Å². The predicted octanol–water partition coefficient (Wildman–Crippen LogP) is 5.18. The molecule has 0 heterocycles. The summed E-state index contributed by atoms with van der Waals surface area (Å²) in [5.41, 5.74) is 1.09. The van der Waals surface area contributed by atoms with Gasteiger partial charge in [-0.1, -0.05) is 42.5 Å². The summed E-state index contributed by atoms with van der Waals surface area (Å²) in [6.07, 6.45) is -4.74. The van der Waals surface area contributed by atoms with E-state index in [1.54, 1.807) is 48.5 Å². The first-order valence-electron chi connectivity index (χ1n) is 8.93. The van der Waals surface area contributed by atoms with Crippen LogP contribution < -0.4 is 19.5 Å². The number of carbonyl (C=O) groups is 1. The van der Waals surface area contributed by atoms with Crippen LogP contribution in [0.4, 0.5) is 18.9 Å². The maximum absolute atomic E-state index is 12.2. The van der Waals surface area contributed by atoms with Crippen LogP contribution in [0.5, 0.6) is 17.2 Å². The van der Waals surface area contributed by atoms with Crippen LogP contribution in [-0.2, 0) is 11.4 Å². The number of benzene rings is 3. The molecule has 0 atom stereocenters. The molecule has 0 bridgehead atoms. The van der Waals surface area contributed by atoms with Gasteiger partial charge in [-0.05, 0) is 42.0 Å². The minimum Gasteiger partial charge on any atom is -0.487 e. The summed E-state index contributed by atoms with van der Waals surface area (Å²) in [6.45, 7) is -0.0707. The molecular formula is C22H18F3NO4. The van der Waals surface area contributed by atoms with Gasteiger partial charge in [0, 0.05) is 0 Å². The van der Waals surface area contributed by atoms with Crippen molar-refractivity contribution in [1.82, 2.24) is 0 Å². The van der Waals surface area contributed by atoms with Crippen molar-refractivity contribution in [2.75, 3.05) is 11.9 Å². The Labute approximate surface area is 171 Å². The highest BCUT2D eigenvalue weighted by Gasteiger charge is 2.30. The lowest BCUT2D eigenvalue weighted by molar-refractivity contribution is -0.274. The highest BCUT2D eigenvalue weighted by atomic mass is 19.4. The van der Waals surface area contributed by atoms with Gasteiger partial charge in [0.15, 0.2) is 6.61 Å². The fourth-order valence-electron chi connectivity index (χ4n) is 2.50. The normalized spacial score (nSPS) is 10.9.